The first-order valence-corrected chi connectivity index (χ1v) is 6.96. The zero-order valence-corrected chi connectivity index (χ0v) is 12.4. The SMILES string of the molecule is CC1CCN(C(=O)CCNC(=O)C(C)(C)C)CC1O. The molecule has 1 aliphatic rings. The zero-order valence-electron chi connectivity index (χ0n) is 12.4. The predicted octanol–water partition coefficient (Wildman–Crippen LogP) is 0.768. The Balaban J connectivity index is 2.30. The van der Waals surface area contributed by atoms with E-state index in [1.165, 1.54) is 0 Å². The van der Waals surface area contributed by atoms with Crippen LogP contribution in [0.1, 0.15) is 40.5 Å². The summed E-state index contributed by atoms with van der Waals surface area (Å²) in [4.78, 5) is 25.3. The number of piperidine rings is 1. The normalized spacial score (nSPS) is 24.2. The van der Waals surface area contributed by atoms with E-state index >= 15 is 0 Å². The lowest BCUT2D eigenvalue weighted by atomic mass is 9.95. The molecule has 0 spiro atoms. The lowest BCUT2D eigenvalue weighted by Gasteiger charge is -2.34. The van der Waals surface area contributed by atoms with Crippen molar-refractivity contribution in [2.24, 2.45) is 11.3 Å². The molecular formula is C14H26N2O3. The van der Waals surface area contributed by atoms with Gasteiger partial charge < -0.3 is 15.3 Å². The van der Waals surface area contributed by atoms with Gasteiger partial charge in [0.1, 0.15) is 0 Å². The monoisotopic (exact) mass is 270 g/mol. The van der Waals surface area contributed by atoms with Crippen LogP contribution in [0.15, 0.2) is 0 Å². The van der Waals surface area contributed by atoms with E-state index in [4.69, 9.17) is 0 Å². The minimum atomic E-state index is -0.431. The second kappa shape index (κ2) is 6.37. The van der Waals surface area contributed by atoms with Crippen molar-refractivity contribution in [3.63, 3.8) is 0 Å². The highest BCUT2D eigenvalue weighted by molar-refractivity contribution is 5.82. The number of amides is 2. The van der Waals surface area contributed by atoms with Crippen molar-refractivity contribution < 1.29 is 14.7 Å². The summed E-state index contributed by atoms with van der Waals surface area (Å²) in [6.07, 6.45) is 0.700. The molecule has 1 rings (SSSR count). The maximum atomic E-state index is 11.9. The van der Waals surface area contributed by atoms with E-state index in [-0.39, 0.29) is 17.7 Å². The molecule has 2 N–H and O–H groups in total. The van der Waals surface area contributed by atoms with Crippen molar-refractivity contribution in [3.05, 3.63) is 0 Å². The highest BCUT2D eigenvalue weighted by Crippen LogP contribution is 2.17. The Hall–Kier alpha value is -1.10. The standard InChI is InChI=1S/C14H26N2O3/c1-10-6-8-16(9-11(10)17)12(18)5-7-15-13(19)14(2,3)4/h10-11,17H,5-9H2,1-4H3,(H,15,19). The Morgan fingerprint density at radius 1 is 1.37 bits per heavy atom. The fourth-order valence-electron chi connectivity index (χ4n) is 1.98. The third kappa shape index (κ3) is 4.82. The maximum absolute atomic E-state index is 11.9. The summed E-state index contributed by atoms with van der Waals surface area (Å²) in [5.74, 6) is 0.206. The molecule has 1 fully saturated rings. The van der Waals surface area contributed by atoms with Crippen molar-refractivity contribution in [3.8, 4) is 0 Å². The first-order valence-electron chi connectivity index (χ1n) is 6.96. The largest absolute Gasteiger partial charge is 0.391 e. The Morgan fingerprint density at radius 2 is 2.00 bits per heavy atom. The molecule has 5 heteroatoms. The first kappa shape index (κ1) is 16.0. The highest BCUT2D eigenvalue weighted by atomic mass is 16.3. The molecule has 0 bridgehead atoms. The molecule has 0 aliphatic carbocycles. The topological polar surface area (TPSA) is 69.6 Å². The quantitative estimate of drug-likeness (QED) is 0.796. The second-order valence-corrected chi connectivity index (χ2v) is 6.43. The molecule has 0 radical (unpaired) electrons. The van der Waals surface area contributed by atoms with E-state index in [0.717, 1.165) is 6.42 Å². The number of carbonyl (C=O) groups excluding carboxylic acids is 2. The molecule has 19 heavy (non-hydrogen) atoms. The van der Waals surface area contributed by atoms with Crippen LogP contribution in [0, 0.1) is 11.3 Å². The number of hydrogen-bond acceptors (Lipinski definition) is 3. The highest BCUT2D eigenvalue weighted by Gasteiger charge is 2.27. The average Bonchev–Trinajstić information content (AvgIpc) is 2.31. The third-order valence-electron chi connectivity index (χ3n) is 3.58. The van der Waals surface area contributed by atoms with Crippen LogP contribution in [0.3, 0.4) is 0 Å². The van der Waals surface area contributed by atoms with Gasteiger partial charge in [0.25, 0.3) is 0 Å². The van der Waals surface area contributed by atoms with E-state index in [1.807, 2.05) is 27.7 Å². The van der Waals surface area contributed by atoms with Crippen LogP contribution in [0.25, 0.3) is 0 Å². The fourth-order valence-corrected chi connectivity index (χ4v) is 1.98. The average molecular weight is 270 g/mol. The van der Waals surface area contributed by atoms with Gasteiger partial charge in [-0.2, -0.15) is 0 Å². The van der Waals surface area contributed by atoms with Gasteiger partial charge in [-0.3, -0.25) is 9.59 Å². The number of aliphatic hydroxyl groups is 1. The van der Waals surface area contributed by atoms with Gasteiger partial charge >= 0.3 is 0 Å². The van der Waals surface area contributed by atoms with Crippen LogP contribution in [0.5, 0.6) is 0 Å². The van der Waals surface area contributed by atoms with Gasteiger partial charge in [-0.1, -0.05) is 27.7 Å². The van der Waals surface area contributed by atoms with Crippen LogP contribution in [0.4, 0.5) is 0 Å². The fraction of sp³-hybridized carbons (Fsp3) is 0.857. The molecule has 0 saturated carbocycles. The summed E-state index contributed by atoms with van der Waals surface area (Å²) in [5.41, 5.74) is -0.431. The molecule has 2 amide bonds. The van der Waals surface area contributed by atoms with Crippen molar-refractivity contribution in [2.75, 3.05) is 19.6 Å². The van der Waals surface area contributed by atoms with Gasteiger partial charge in [0.05, 0.1) is 6.10 Å². The van der Waals surface area contributed by atoms with Crippen LogP contribution in [0.2, 0.25) is 0 Å². The third-order valence-corrected chi connectivity index (χ3v) is 3.58. The lowest BCUT2D eigenvalue weighted by Crippen LogP contribution is -2.46. The van der Waals surface area contributed by atoms with Gasteiger partial charge in [-0.05, 0) is 12.3 Å². The maximum Gasteiger partial charge on any atom is 0.225 e. The Bertz CT molecular complexity index is 336. The summed E-state index contributed by atoms with van der Waals surface area (Å²) in [6.45, 7) is 8.98. The van der Waals surface area contributed by atoms with Crippen LogP contribution >= 0.6 is 0 Å². The molecule has 1 saturated heterocycles. The Labute approximate surface area is 115 Å². The predicted molar refractivity (Wildman–Crippen MR) is 73.4 cm³/mol. The summed E-state index contributed by atoms with van der Waals surface area (Å²) in [5, 5.41) is 12.5. The molecule has 2 unspecified atom stereocenters. The van der Waals surface area contributed by atoms with Crippen molar-refractivity contribution in [1.29, 1.82) is 0 Å². The van der Waals surface area contributed by atoms with Crippen molar-refractivity contribution in [1.82, 2.24) is 10.2 Å². The number of hydrogen-bond donors (Lipinski definition) is 2. The number of nitrogens with one attached hydrogen (secondary N) is 1. The second-order valence-electron chi connectivity index (χ2n) is 6.43. The van der Waals surface area contributed by atoms with Gasteiger partial charge in [0.15, 0.2) is 0 Å². The molecule has 0 aromatic heterocycles. The Kier molecular flexibility index (Phi) is 5.35. The smallest absolute Gasteiger partial charge is 0.225 e. The number of nitrogens with zero attached hydrogens (tertiary/aromatic N) is 1. The van der Waals surface area contributed by atoms with Gasteiger partial charge in [0.2, 0.25) is 11.8 Å². The van der Waals surface area contributed by atoms with E-state index in [1.54, 1.807) is 4.90 Å². The van der Waals surface area contributed by atoms with Gasteiger partial charge in [-0.15, -0.1) is 0 Å². The number of rotatable bonds is 3. The van der Waals surface area contributed by atoms with E-state index in [0.29, 0.717) is 26.1 Å². The molecule has 1 heterocycles. The summed E-state index contributed by atoms with van der Waals surface area (Å²) < 4.78 is 0. The molecule has 1 aliphatic heterocycles. The summed E-state index contributed by atoms with van der Waals surface area (Å²) in [6, 6.07) is 0. The summed E-state index contributed by atoms with van der Waals surface area (Å²) in [7, 11) is 0. The number of β-amino-alcohol motifs (C(OH)–C–C–N with tert-alkyl or cyclic N) is 1. The van der Waals surface area contributed by atoms with E-state index in [2.05, 4.69) is 5.32 Å². The van der Waals surface area contributed by atoms with Crippen molar-refractivity contribution >= 4 is 11.8 Å². The number of aliphatic hydroxyl groups excluding tert-OH is 1. The minimum absolute atomic E-state index is 0.000147. The number of carbonyl (C=O) groups is 2. The molecule has 2 atom stereocenters. The zero-order chi connectivity index (χ0) is 14.6. The Morgan fingerprint density at radius 3 is 2.53 bits per heavy atom. The molecule has 0 aromatic carbocycles. The van der Waals surface area contributed by atoms with Crippen LogP contribution in [-0.4, -0.2) is 47.6 Å². The lowest BCUT2D eigenvalue weighted by molar-refractivity contribution is -0.135. The minimum Gasteiger partial charge on any atom is -0.391 e. The molecule has 110 valence electrons. The van der Waals surface area contributed by atoms with Gasteiger partial charge in [-0.25, -0.2) is 0 Å². The first-order chi connectivity index (χ1) is 8.71. The van der Waals surface area contributed by atoms with Crippen molar-refractivity contribution in [2.45, 2.75) is 46.6 Å². The van der Waals surface area contributed by atoms with Gasteiger partial charge in [0, 0.05) is 31.5 Å². The van der Waals surface area contributed by atoms with E-state index in [9.17, 15) is 14.7 Å². The molecular weight excluding hydrogens is 244 g/mol. The van der Waals surface area contributed by atoms with Crippen LogP contribution in [-0.2, 0) is 9.59 Å². The summed E-state index contributed by atoms with van der Waals surface area (Å²) >= 11 is 0. The van der Waals surface area contributed by atoms with E-state index < -0.39 is 11.5 Å². The molecule has 0 aromatic rings. The van der Waals surface area contributed by atoms with Crippen LogP contribution < -0.4 is 5.32 Å². The number of likely N-dealkylation sites (tertiary alicyclic amines) is 1. The molecule has 5 nitrogen and oxygen atoms in total.